The van der Waals surface area contributed by atoms with Crippen molar-refractivity contribution in [1.29, 1.82) is 0 Å². The van der Waals surface area contributed by atoms with Gasteiger partial charge in [0, 0.05) is 7.05 Å². The molecule has 8 heteroatoms. The van der Waals surface area contributed by atoms with Crippen molar-refractivity contribution < 1.29 is 14.8 Å². The number of nitrogens with one attached hydrogen (secondary N) is 1. The maximum absolute atomic E-state index is 12.5. The van der Waals surface area contributed by atoms with Crippen molar-refractivity contribution >= 4 is 11.6 Å². The highest BCUT2D eigenvalue weighted by Gasteiger charge is 2.36. The Morgan fingerprint density at radius 2 is 2.20 bits per heavy atom. The van der Waals surface area contributed by atoms with E-state index in [1.807, 2.05) is 24.3 Å². The molecule has 0 fully saturated rings. The normalized spacial score (nSPS) is 19.3. The summed E-state index contributed by atoms with van der Waals surface area (Å²) in [6.07, 6.45) is 2.23. The minimum atomic E-state index is -1.17. The molecule has 1 aliphatic rings. The Hall–Kier alpha value is -2.74. The molecular formula is C17H20N4O4. The Morgan fingerprint density at radius 3 is 2.92 bits per heavy atom. The van der Waals surface area contributed by atoms with E-state index >= 15 is 0 Å². The van der Waals surface area contributed by atoms with E-state index in [1.54, 1.807) is 0 Å². The number of aryl methyl sites for hydroxylation is 3. The molecule has 2 aromatic rings. The van der Waals surface area contributed by atoms with Gasteiger partial charge in [-0.2, -0.15) is 5.10 Å². The predicted octanol–water partition coefficient (Wildman–Crippen LogP) is 1.59. The standard InChI is InChI=1S/C17H20N4O4/c1-11-14(21(24)25)15(20(2)19-11)16(22)18-10-17(23)9-5-7-12-6-3-4-8-13(12)17/h3-4,6,8,23H,5,7,9-10H2,1-2H3,(H,18,22). The fourth-order valence-corrected chi connectivity index (χ4v) is 3.51. The second kappa shape index (κ2) is 6.29. The highest BCUT2D eigenvalue weighted by molar-refractivity contribution is 5.96. The van der Waals surface area contributed by atoms with Crippen molar-refractivity contribution in [3.8, 4) is 0 Å². The van der Waals surface area contributed by atoms with Crippen LogP contribution in [0.4, 0.5) is 5.69 Å². The van der Waals surface area contributed by atoms with Gasteiger partial charge < -0.3 is 10.4 Å². The number of nitrogens with zero attached hydrogens (tertiary/aromatic N) is 3. The van der Waals surface area contributed by atoms with Crippen molar-refractivity contribution in [1.82, 2.24) is 15.1 Å². The number of carbonyl (C=O) groups excluding carboxylic acids is 1. The number of rotatable bonds is 4. The third kappa shape index (κ3) is 3.00. The fraction of sp³-hybridized carbons (Fsp3) is 0.412. The van der Waals surface area contributed by atoms with E-state index in [1.165, 1.54) is 18.7 Å². The number of benzene rings is 1. The third-order valence-electron chi connectivity index (χ3n) is 4.68. The zero-order chi connectivity index (χ0) is 18.2. The van der Waals surface area contributed by atoms with E-state index in [0.29, 0.717) is 6.42 Å². The molecule has 1 unspecified atom stereocenters. The second-order valence-corrected chi connectivity index (χ2v) is 6.39. The number of amides is 1. The number of hydrogen-bond acceptors (Lipinski definition) is 5. The largest absolute Gasteiger partial charge is 0.383 e. The predicted molar refractivity (Wildman–Crippen MR) is 90.2 cm³/mol. The lowest BCUT2D eigenvalue weighted by Gasteiger charge is -2.34. The first-order valence-electron chi connectivity index (χ1n) is 8.10. The van der Waals surface area contributed by atoms with Gasteiger partial charge in [0.05, 0.1) is 11.5 Å². The van der Waals surface area contributed by atoms with Gasteiger partial charge in [-0.3, -0.25) is 19.6 Å². The Balaban J connectivity index is 1.84. The van der Waals surface area contributed by atoms with E-state index in [2.05, 4.69) is 10.4 Å². The number of aliphatic hydroxyl groups is 1. The average molecular weight is 344 g/mol. The fourth-order valence-electron chi connectivity index (χ4n) is 3.51. The molecule has 0 radical (unpaired) electrons. The summed E-state index contributed by atoms with van der Waals surface area (Å²) in [5, 5.41) is 28.8. The quantitative estimate of drug-likeness (QED) is 0.646. The van der Waals surface area contributed by atoms with Crippen LogP contribution in [0.1, 0.15) is 40.2 Å². The van der Waals surface area contributed by atoms with Crippen LogP contribution in [-0.2, 0) is 19.1 Å². The van der Waals surface area contributed by atoms with Gasteiger partial charge in [0.25, 0.3) is 5.91 Å². The number of nitro groups is 1. The monoisotopic (exact) mass is 344 g/mol. The lowest BCUT2D eigenvalue weighted by Crippen LogP contribution is -2.43. The molecule has 0 saturated carbocycles. The van der Waals surface area contributed by atoms with Crippen LogP contribution in [0.3, 0.4) is 0 Å². The van der Waals surface area contributed by atoms with Crippen molar-refractivity contribution in [3.63, 3.8) is 0 Å². The van der Waals surface area contributed by atoms with Crippen LogP contribution in [-0.4, -0.2) is 32.3 Å². The lowest BCUT2D eigenvalue weighted by molar-refractivity contribution is -0.385. The molecule has 1 amide bonds. The molecule has 0 saturated heterocycles. The number of aromatic nitrogens is 2. The topological polar surface area (TPSA) is 110 Å². The van der Waals surface area contributed by atoms with Crippen LogP contribution in [0.15, 0.2) is 24.3 Å². The Kier molecular flexibility index (Phi) is 4.30. The third-order valence-corrected chi connectivity index (χ3v) is 4.68. The number of fused-ring (bicyclic) bond motifs is 1. The summed E-state index contributed by atoms with van der Waals surface area (Å²) in [5.41, 5.74) is 0.447. The van der Waals surface area contributed by atoms with E-state index < -0.39 is 16.4 Å². The summed E-state index contributed by atoms with van der Waals surface area (Å²) >= 11 is 0. The van der Waals surface area contributed by atoms with Gasteiger partial charge in [-0.15, -0.1) is 0 Å². The van der Waals surface area contributed by atoms with Crippen LogP contribution in [0, 0.1) is 17.0 Å². The molecule has 1 aromatic carbocycles. The molecule has 8 nitrogen and oxygen atoms in total. The Bertz CT molecular complexity index is 845. The molecular weight excluding hydrogens is 324 g/mol. The first-order valence-corrected chi connectivity index (χ1v) is 8.10. The maximum atomic E-state index is 12.5. The Labute approximate surface area is 144 Å². The molecule has 1 aromatic heterocycles. The van der Waals surface area contributed by atoms with Crippen molar-refractivity contribution in [2.75, 3.05) is 6.54 Å². The molecule has 1 atom stereocenters. The summed E-state index contributed by atoms with van der Waals surface area (Å²) in [5.74, 6) is -0.619. The lowest BCUT2D eigenvalue weighted by atomic mass is 9.79. The zero-order valence-corrected chi connectivity index (χ0v) is 14.2. The van der Waals surface area contributed by atoms with Crippen molar-refractivity contribution in [2.45, 2.75) is 31.8 Å². The summed E-state index contributed by atoms with van der Waals surface area (Å²) in [6, 6.07) is 7.60. The van der Waals surface area contributed by atoms with Gasteiger partial charge in [-0.1, -0.05) is 24.3 Å². The molecule has 25 heavy (non-hydrogen) atoms. The first-order chi connectivity index (χ1) is 11.8. The van der Waals surface area contributed by atoms with E-state index in [9.17, 15) is 20.0 Å². The van der Waals surface area contributed by atoms with E-state index in [4.69, 9.17) is 0 Å². The van der Waals surface area contributed by atoms with Gasteiger partial charge in [0.15, 0.2) is 0 Å². The number of carbonyl (C=O) groups is 1. The van der Waals surface area contributed by atoms with Crippen molar-refractivity contribution in [2.24, 2.45) is 7.05 Å². The van der Waals surface area contributed by atoms with Crippen molar-refractivity contribution in [3.05, 3.63) is 56.9 Å². The van der Waals surface area contributed by atoms with Gasteiger partial charge in [-0.05, 0) is 37.3 Å². The molecule has 132 valence electrons. The number of hydrogen-bond donors (Lipinski definition) is 2. The minimum absolute atomic E-state index is 0.00969. The second-order valence-electron chi connectivity index (χ2n) is 6.39. The van der Waals surface area contributed by atoms with Gasteiger partial charge >= 0.3 is 5.69 Å². The van der Waals surface area contributed by atoms with Crippen LogP contribution in [0.2, 0.25) is 0 Å². The Morgan fingerprint density at radius 1 is 1.48 bits per heavy atom. The van der Waals surface area contributed by atoms with Crippen LogP contribution in [0.5, 0.6) is 0 Å². The summed E-state index contributed by atoms with van der Waals surface area (Å²) in [7, 11) is 1.49. The molecule has 0 aliphatic heterocycles. The minimum Gasteiger partial charge on any atom is -0.383 e. The molecule has 1 aliphatic carbocycles. The van der Waals surface area contributed by atoms with Crippen LogP contribution < -0.4 is 5.32 Å². The molecule has 0 bridgehead atoms. The van der Waals surface area contributed by atoms with Gasteiger partial charge in [0.2, 0.25) is 5.69 Å². The van der Waals surface area contributed by atoms with Crippen LogP contribution >= 0.6 is 0 Å². The van der Waals surface area contributed by atoms with Gasteiger partial charge in [-0.25, -0.2) is 0 Å². The van der Waals surface area contributed by atoms with Crippen LogP contribution in [0.25, 0.3) is 0 Å². The molecule has 1 heterocycles. The summed E-state index contributed by atoms with van der Waals surface area (Å²) in [6.45, 7) is 1.48. The maximum Gasteiger partial charge on any atom is 0.322 e. The summed E-state index contributed by atoms with van der Waals surface area (Å²) < 4.78 is 1.20. The van der Waals surface area contributed by atoms with E-state index in [0.717, 1.165) is 24.0 Å². The highest BCUT2D eigenvalue weighted by Crippen LogP contribution is 2.34. The summed E-state index contributed by atoms with van der Waals surface area (Å²) in [4.78, 5) is 23.1. The average Bonchev–Trinajstić information content (AvgIpc) is 2.87. The highest BCUT2D eigenvalue weighted by atomic mass is 16.6. The first kappa shape index (κ1) is 17.1. The zero-order valence-electron chi connectivity index (χ0n) is 14.2. The van der Waals surface area contributed by atoms with E-state index in [-0.39, 0.29) is 23.6 Å². The molecule has 3 rings (SSSR count). The molecule has 0 spiro atoms. The smallest absolute Gasteiger partial charge is 0.322 e. The SMILES string of the molecule is Cc1nn(C)c(C(=O)NCC2(O)CCCc3ccccc32)c1[N+](=O)[O-]. The van der Waals surface area contributed by atoms with Gasteiger partial charge in [0.1, 0.15) is 11.3 Å². The molecule has 2 N–H and O–H groups in total.